The summed E-state index contributed by atoms with van der Waals surface area (Å²) in [5, 5.41) is 15.3. The van der Waals surface area contributed by atoms with Crippen LogP contribution in [-0.4, -0.2) is 41.5 Å². The van der Waals surface area contributed by atoms with Crippen LogP contribution in [0.2, 0.25) is 0 Å². The number of ether oxygens (including phenoxy) is 2. The third-order valence-electron chi connectivity index (χ3n) is 5.22. The van der Waals surface area contributed by atoms with Gasteiger partial charge in [-0.15, -0.1) is 14.6 Å². The van der Waals surface area contributed by atoms with Crippen molar-refractivity contribution < 1.29 is 23.1 Å². The molecular weight excluding hydrogens is 498 g/mol. The minimum Gasteiger partial charge on any atom is -0.478 e. The molecule has 12 heteroatoms. The Balaban J connectivity index is 1.57. The van der Waals surface area contributed by atoms with Gasteiger partial charge < -0.3 is 18.8 Å². The van der Waals surface area contributed by atoms with Gasteiger partial charge in [-0.05, 0) is 50.3 Å². The molecule has 0 atom stereocenters. The van der Waals surface area contributed by atoms with Gasteiger partial charge in [-0.2, -0.15) is 5.10 Å². The standard InChI is InChI=1S/C25H27N5O6S/c1-4-30(5-2)16-33-18-12-13-20-19(14-18)23(31)22(25(34-20)32-6-3)27-29-24-21(15-26-28-24)37-36-35-17-10-8-7-9-11-17/h7-15H,4-6,16H2,1-3H3,(H,26,28)/b29-27+. The third-order valence-corrected chi connectivity index (χ3v) is 5.83. The number of aromatic nitrogens is 2. The Kier molecular flexibility index (Phi) is 9.13. The van der Waals surface area contributed by atoms with Crippen molar-refractivity contribution in [1.82, 2.24) is 15.1 Å². The van der Waals surface area contributed by atoms with Crippen molar-refractivity contribution in [2.75, 3.05) is 26.4 Å². The second-order valence-electron chi connectivity index (χ2n) is 7.56. The highest BCUT2D eigenvalue weighted by atomic mass is 32.2. The highest BCUT2D eigenvalue weighted by molar-refractivity contribution is 7.94. The smallest absolute Gasteiger partial charge is 0.317 e. The fourth-order valence-electron chi connectivity index (χ4n) is 3.19. The molecule has 194 valence electrons. The van der Waals surface area contributed by atoms with Gasteiger partial charge in [0.25, 0.3) is 0 Å². The molecule has 2 aromatic carbocycles. The lowest BCUT2D eigenvalue weighted by Crippen LogP contribution is -2.27. The summed E-state index contributed by atoms with van der Waals surface area (Å²) in [5.74, 6) is 1.24. The first-order valence-corrected chi connectivity index (χ1v) is 12.5. The zero-order valence-corrected chi connectivity index (χ0v) is 21.5. The monoisotopic (exact) mass is 525 g/mol. The van der Waals surface area contributed by atoms with E-state index in [1.165, 1.54) is 0 Å². The van der Waals surface area contributed by atoms with Crippen LogP contribution in [-0.2, 0) is 4.33 Å². The molecule has 0 saturated heterocycles. The highest BCUT2D eigenvalue weighted by Gasteiger charge is 2.18. The number of hydrogen-bond acceptors (Lipinski definition) is 11. The topological polar surface area (TPSA) is 124 Å². The fourth-order valence-corrected chi connectivity index (χ4v) is 3.64. The molecule has 0 radical (unpaired) electrons. The van der Waals surface area contributed by atoms with Gasteiger partial charge in [0.15, 0.2) is 5.75 Å². The molecule has 0 aliphatic carbocycles. The molecule has 1 N–H and O–H groups in total. The molecule has 0 spiro atoms. The van der Waals surface area contributed by atoms with Gasteiger partial charge in [0, 0.05) is 6.20 Å². The van der Waals surface area contributed by atoms with Crippen LogP contribution in [0.25, 0.3) is 11.0 Å². The van der Waals surface area contributed by atoms with E-state index >= 15 is 0 Å². The van der Waals surface area contributed by atoms with Crippen LogP contribution in [0.15, 0.2) is 79.1 Å². The quantitative estimate of drug-likeness (QED) is 0.0733. The molecule has 0 amide bonds. The predicted molar refractivity (Wildman–Crippen MR) is 139 cm³/mol. The van der Waals surface area contributed by atoms with Gasteiger partial charge in [0.05, 0.1) is 24.0 Å². The maximum Gasteiger partial charge on any atom is 0.317 e. The number of H-pyrrole nitrogens is 1. The molecular formula is C25H27N5O6S. The Bertz CT molecular complexity index is 1390. The number of azo groups is 1. The van der Waals surface area contributed by atoms with Gasteiger partial charge in [-0.1, -0.05) is 32.0 Å². The Morgan fingerprint density at radius 3 is 2.59 bits per heavy atom. The first-order valence-electron chi connectivity index (χ1n) is 11.7. The first kappa shape index (κ1) is 26.2. The molecule has 0 unspecified atom stereocenters. The van der Waals surface area contributed by atoms with Crippen molar-refractivity contribution in [2.24, 2.45) is 10.2 Å². The van der Waals surface area contributed by atoms with Crippen LogP contribution >= 0.6 is 12.0 Å². The molecule has 2 aromatic heterocycles. The molecule has 0 aliphatic heterocycles. The second kappa shape index (κ2) is 12.9. The van der Waals surface area contributed by atoms with Crippen molar-refractivity contribution in [3.63, 3.8) is 0 Å². The maximum absolute atomic E-state index is 13.4. The molecule has 4 rings (SSSR count). The summed E-state index contributed by atoms with van der Waals surface area (Å²) in [6, 6.07) is 14.1. The number of hydrogen-bond donors (Lipinski definition) is 1. The molecule has 0 saturated carbocycles. The minimum atomic E-state index is -0.407. The van der Waals surface area contributed by atoms with Crippen molar-refractivity contribution >= 4 is 34.5 Å². The molecule has 2 heterocycles. The average molecular weight is 526 g/mol. The second-order valence-corrected chi connectivity index (χ2v) is 8.30. The van der Waals surface area contributed by atoms with E-state index in [0.29, 0.717) is 34.1 Å². The van der Waals surface area contributed by atoms with E-state index < -0.39 is 5.43 Å². The number of nitrogens with one attached hydrogen (secondary N) is 1. The largest absolute Gasteiger partial charge is 0.478 e. The zero-order valence-electron chi connectivity index (χ0n) is 20.7. The van der Waals surface area contributed by atoms with E-state index in [0.717, 1.165) is 25.1 Å². The van der Waals surface area contributed by atoms with Crippen molar-refractivity contribution in [3.8, 4) is 17.4 Å². The summed E-state index contributed by atoms with van der Waals surface area (Å²) in [5.41, 5.74) is -0.143. The van der Waals surface area contributed by atoms with E-state index in [4.69, 9.17) is 23.1 Å². The number of para-hydroxylation sites is 1. The summed E-state index contributed by atoms with van der Waals surface area (Å²) < 4.78 is 22.4. The van der Waals surface area contributed by atoms with E-state index in [-0.39, 0.29) is 24.1 Å². The average Bonchev–Trinajstić information content (AvgIpc) is 3.37. The summed E-state index contributed by atoms with van der Waals surface area (Å²) in [6.07, 6.45) is 1.57. The lowest BCUT2D eigenvalue weighted by atomic mass is 10.2. The van der Waals surface area contributed by atoms with E-state index in [9.17, 15) is 4.79 Å². The van der Waals surface area contributed by atoms with Crippen LogP contribution in [0.4, 0.5) is 11.5 Å². The van der Waals surface area contributed by atoms with Crippen molar-refractivity contribution in [3.05, 3.63) is 65.0 Å². The molecule has 0 aliphatic rings. The molecule has 0 bridgehead atoms. The van der Waals surface area contributed by atoms with Gasteiger partial charge in [-0.3, -0.25) is 14.8 Å². The summed E-state index contributed by atoms with van der Waals surface area (Å²) >= 11 is 0.895. The fraction of sp³-hybridized carbons (Fsp3) is 0.280. The minimum absolute atomic E-state index is 0.0334. The summed E-state index contributed by atoms with van der Waals surface area (Å²) in [4.78, 5) is 21.2. The van der Waals surface area contributed by atoms with Gasteiger partial charge >= 0.3 is 5.95 Å². The molecule has 0 fully saturated rings. The maximum atomic E-state index is 13.4. The lowest BCUT2D eigenvalue weighted by molar-refractivity contribution is -0.0777. The van der Waals surface area contributed by atoms with Gasteiger partial charge in [0.2, 0.25) is 16.9 Å². The number of aromatic amines is 1. The zero-order chi connectivity index (χ0) is 26.0. The Hall–Kier alpha value is -3.87. The van der Waals surface area contributed by atoms with Crippen LogP contribution < -0.4 is 19.8 Å². The van der Waals surface area contributed by atoms with E-state index in [1.54, 1.807) is 43.5 Å². The number of rotatable bonds is 13. The Morgan fingerprint density at radius 1 is 1.03 bits per heavy atom. The number of nitrogens with zero attached hydrogens (tertiary/aromatic N) is 4. The normalized spacial score (nSPS) is 11.5. The molecule has 11 nitrogen and oxygen atoms in total. The molecule has 37 heavy (non-hydrogen) atoms. The molecule has 4 aromatic rings. The van der Waals surface area contributed by atoms with E-state index in [1.807, 2.05) is 18.2 Å². The number of benzene rings is 2. The number of fused-ring (bicyclic) bond motifs is 1. The predicted octanol–water partition coefficient (Wildman–Crippen LogP) is 6.03. The third kappa shape index (κ3) is 6.67. The van der Waals surface area contributed by atoms with E-state index in [2.05, 4.69) is 39.2 Å². The van der Waals surface area contributed by atoms with Crippen LogP contribution in [0, 0.1) is 0 Å². The van der Waals surface area contributed by atoms with Gasteiger partial charge in [-0.25, -0.2) is 0 Å². The first-order chi connectivity index (χ1) is 18.1. The summed E-state index contributed by atoms with van der Waals surface area (Å²) in [6.45, 7) is 8.28. The Labute approximate surface area is 217 Å². The van der Waals surface area contributed by atoms with Crippen LogP contribution in [0.3, 0.4) is 0 Å². The highest BCUT2D eigenvalue weighted by Crippen LogP contribution is 2.33. The van der Waals surface area contributed by atoms with Gasteiger partial charge in [0.1, 0.15) is 23.0 Å². The lowest BCUT2D eigenvalue weighted by Gasteiger charge is -2.18. The summed E-state index contributed by atoms with van der Waals surface area (Å²) in [7, 11) is 0. The van der Waals surface area contributed by atoms with Crippen LogP contribution in [0.5, 0.6) is 17.4 Å². The van der Waals surface area contributed by atoms with Crippen LogP contribution in [0.1, 0.15) is 20.8 Å². The SMILES string of the molecule is CCOc1oc2ccc(OCN(CC)CC)cc2c(=O)c1/N=N/c1n[nH]cc1SOOc1ccccc1. The van der Waals surface area contributed by atoms with Crippen molar-refractivity contribution in [1.29, 1.82) is 0 Å². The van der Waals surface area contributed by atoms with Crippen molar-refractivity contribution in [2.45, 2.75) is 25.7 Å². The Morgan fingerprint density at radius 2 is 1.84 bits per heavy atom.